The number of hydrogen-bond acceptors (Lipinski definition) is 8. The fourth-order valence-corrected chi connectivity index (χ4v) is 8.63. The maximum absolute atomic E-state index is 12.1. The number of aliphatic hydroxyl groups excluding tert-OH is 2. The molecule has 0 saturated heterocycles. The highest BCUT2D eigenvalue weighted by atomic mass is 32.3. The first-order valence-electron chi connectivity index (χ1n) is 12.3. The Morgan fingerprint density at radius 2 is 1.97 bits per heavy atom. The number of aliphatic hydroxyl groups is 2. The minimum atomic E-state index is -4.13. The predicted molar refractivity (Wildman–Crippen MR) is 122 cm³/mol. The van der Waals surface area contributed by atoms with Crippen molar-refractivity contribution in [3.8, 4) is 0 Å². The van der Waals surface area contributed by atoms with Gasteiger partial charge >= 0.3 is 10.4 Å². The van der Waals surface area contributed by atoms with Crippen molar-refractivity contribution in [1.82, 2.24) is 0 Å². The van der Waals surface area contributed by atoms with Crippen LogP contribution in [0.1, 0.15) is 72.1 Å². The lowest BCUT2D eigenvalue weighted by Crippen LogP contribution is -2.60. The number of carbonyl (C=O) groups excluding carboxylic acids is 1. The highest BCUT2D eigenvalue weighted by Crippen LogP contribution is 2.67. The molecule has 0 bridgehead atoms. The molecule has 0 aromatic heterocycles. The van der Waals surface area contributed by atoms with E-state index in [9.17, 15) is 23.4 Å². The third kappa shape index (κ3) is 4.23. The Kier molecular flexibility index (Phi) is 6.88. The van der Waals surface area contributed by atoms with Gasteiger partial charge in [-0.3, -0.25) is 4.79 Å². The van der Waals surface area contributed by atoms with E-state index in [1.165, 1.54) is 0 Å². The van der Waals surface area contributed by atoms with Crippen LogP contribution in [-0.2, 0) is 23.7 Å². The number of hydrogen-bond donors (Lipinski definition) is 3. The summed E-state index contributed by atoms with van der Waals surface area (Å²) >= 11 is 0. The molecule has 3 fully saturated rings. The smallest absolute Gasteiger partial charge is 0.393 e. The monoisotopic (exact) mass is 485 g/mol. The molecular formula is C24H39NO7S. The summed E-state index contributed by atoms with van der Waals surface area (Å²) in [4.78, 5) is 12.1. The van der Waals surface area contributed by atoms with E-state index in [1.807, 2.05) is 0 Å². The van der Waals surface area contributed by atoms with Crippen LogP contribution >= 0.6 is 0 Å². The Balaban J connectivity index is 1.50. The second-order valence-electron chi connectivity index (χ2n) is 11.4. The average molecular weight is 486 g/mol. The van der Waals surface area contributed by atoms with Gasteiger partial charge in [-0.2, -0.15) is 18.6 Å². The van der Waals surface area contributed by atoms with Crippen molar-refractivity contribution in [3.05, 3.63) is 11.6 Å². The topological polar surface area (TPSA) is 136 Å². The molecule has 0 amide bonds. The number of rotatable bonds is 7. The molecular weight excluding hydrogens is 446 g/mol. The van der Waals surface area contributed by atoms with Crippen molar-refractivity contribution < 1.29 is 31.9 Å². The zero-order valence-electron chi connectivity index (χ0n) is 19.9. The molecule has 9 heteroatoms. The second kappa shape index (κ2) is 8.99. The minimum absolute atomic E-state index is 0.00882. The van der Waals surface area contributed by atoms with Gasteiger partial charge in [0.2, 0.25) is 0 Å². The zero-order valence-corrected chi connectivity index (χ0v) is 20.7. The Morgan fingerprint density at radius 3 is 2.67 bits per heavy atom. The van der Waals surface area contributed by atoms with E-state index in [4.69, 9.17) is 10.1 Å². The first-order chi connectivity index (χ1) is 15.4. The third-order valence-corrected chi connectivity index (χ3v) is 10.7. The Labute approximate surface area is 197 Å². The molecule has 3 saturated carbocycles. The number of fused-ring (bicyclic) bond motifs is 5. The number of nitrogens with two attached hydrogens (primary N) is 1. The fraction of sp³-hybridized carbons (Fsp3) is 0.875. The van der Waals surface area contributed by atoms with Crippen molar-refractivity contribution >= 4 is 16.2 Å². The Morgan fingerprint density at radius 1 is 1.24 bits per heavy atom. The average Bonchev–Trinajstić information content (AvgIpc) is 3.12. The Bertz CT molecular complexity index is 904. The van der Waals surface area contributed by atoms with Crippen LogP contribution < -0.4 is 5.90 Å². The quantitative estimate of drug-likeness (QED) is 0.370. The van der Waals surface area contributed by atoms with E-state index < -0.39 is 22.6 Å². The van der Waals surface area contributed by atoms with E-state index in [2.05, 4.69) is 25.1 Å². The lowest BCUT2D eigenvalue weighted by Gasteiger charge is -2.61. The first-order valence-corrected chi connectivity index (χ1v) is 13.6. The van der Waals surface area contributed by atoms with Gasteiger partial charge in [-0.05, 0) is 91.4 Å². The first kappa shape index (κ1) is 25.3. The maximum Gasteiger partial charge on any atom is 0.415 e. The normalized spacial score (nSPS) is 43.9. The molecule has 4 N–H and O–H groups in total. The molecule has 4 aliphatic rings. The molecule has 0 radical (unpaired) electrons. The lowest BCUT2D eigenvalue weighted by atomic mass is 9.45. The summed E-state index contributed by atoms with van der Waals surface area (Å²) in [6.45, 7) is 6.60. The molecule has 0 aliphatic heterocycles. The molecule has 4 aliphatic carbocycles. The van der Waals surface area contributed by atoms with Crippen LogP contribution in [-0.4, -0.2) is 43.2 Å². The number of carbonyl (C=O) groups is 1. The second-order valence-corrected chi connectivity index (χ2v) is 12.6. The van der Waals surface area contributed by atoms with Crippen LogP contribution in [0.4, 0.5) is 0 Å². The van der Waals surface area contributed by atoms with Crippen LogP contribution in [0, 0.1) is 40.4 Å². The molecule has 0 heterocycles. The summed E-state index contributed by atoms with van der Waals surface area (Å²) in [6, 6.07) is 0. The van der Waals surface area contributed by atoms with Crippen LogP contribution in [0.15, 0.2) is 11.6 Å². The highest BCUT2D eigenvalue weighted by molar-refractivity contribution is 7.81. The number of ketones is 1. The SMILES string of the molecule is C[C@H](CCCOS(=O)(=O)ON)[C@H]1CC[C@H]2[C@@H]3[C@H](O)CC4=CC(=O)CC[C@]4(C)[C@H]3C[C@H](O)[C@]12C. The van der Waals surface area contributed by atoms with E-state index in [1.54, 1.807) is 6.08 Å². The van der Waals surface area contributed by atoms with Crippen molar-refractivity contribution in [1.29, 1.82) is 0 Å². The van der Waals surface area contributed by atoms with Gasteiger partial charge in [-0.1, -0.05) is 26.3 Å². The van der Waals surface area contributed by atoms with E-state index in [-0.39, 0.29) is 52.8 Å². The molecule has 0 aromatic carbocycles. The van der Waals surface area contributed by atoms with Crippen LogP contribution in [0.3, 0.4) is 0 Å². The van der Waals surface area contributed by atoms with Gasteiger partial charge in [0.1, 0.15) is 0 Å². The van der Waals surface area contributed by atoms with Crippen molar-refractivity contribution in [2.24, 2.45) is 46.3 Å². The summed E-state index contributed by atoms with van der Waals surface area (Å²) in [5.74, 6) is 5.94. The van der Waals surface area contributed by atoms with E-state index in [0.717, 1.165) is 31.3 Å². The summed E-state index contributed by atoms with van der Waals surface area (Å²) in [7, 11) is -4.13. The van der Waals surface area contributed by atoms with Crippen molar-refractivity contribution in [2.45, 2.75) is 84.3 Å². The van der Waals surface area contributed by atoms with Gasteiger partial charge in [-0.15, -0.1) is 0 Å². The van der Waals surface area contributed by atoms with Gasteiger partial charge in [0.05, 0.1) is 18.8 Å². The van der Waals surface area contributed by atoms with Gasteiger partial charge in [0.15, 0.2) is 5.78 Å². The zero-order chi connectivity index (χ0) is 24.2. The molecule has 0 unspecified atom stereocenters. The van der Waals surface area contributed by atoms with Crippen LogP contribution in [0.5, 0.6) is 0 Å². The summed E-state index contributed by atoms with van der Waals surface area (Å²) in [6.07, 6.45) is 6.63. The van der Waals surface area contributed by atoms with E-state index >= 15 is 0 Å². The molecule has 9 atom stereocenters. The molecule has 188 valence electrons. The summed E-state index contributed by atoms with van der Waals surface area (Å²) < 4.78 is 31.0. The summed E-state index contributed by atoms with van der Waals surface area (Å²) in [5.41, 5.74) is 0.650. The molecule has 4 rings (SSSR count). The molecule has 8 nitrogen and oxygen atoms in total. The standard InChI is InChI=1S/C24H39NO7S/c1-14(5-4-10-31-33(29,30)32-25)17-6-7-18-22-19(13-21(28)24(17,18)3)23(2)9-8-16(26)11-15(23)12-20(22)27/h11,14,17-22,27-28H,4-10,12-13,25H2,1-3H3/t14-,17-,18+,19+,20-,21+,22+,23+,24-/m1/s1. The third-order valence-electron chi connectivity index (χ3n) is 10.00. The van der Waals surface area contributed by atoms with Crippen LogP contribution in [0.25, 0.3) is 0 Å². The van der Waals surface area contributed by atoms with Gasteiger partial charge < -0.3 is 10.2 Å². The highest BCUT2D eigenvalue weighted by Gasteiger charge is 2.64. The Hall–Kier alpha value is -0.840. The molecule has 0 spiro atoms. The largest absolute Gasteiger partial charge is 0.415 e. The van der Waals surface area contributed by atoms with Crippen molar-refractivity contribution in [2.75, 3.05) is 6.61 Å². The summed E-state index contributed by atoms with van der Waals surface area (Å²) in [5, 5.41) is 22.8. The minimum Gasteiger partial charge on any atom is -0.393 e. The maximum atomic E-state index is 12.1. The lowest BCUT2D eigenvalue weighted by molar-refractivity contribution is -0.168. The predicted octanol–water partition coefficient (Wildman–Crippen LogP) is 2.64. The molecule has 0 aromatic rings. The van der Waals surface area contributed by atoms with E-state index in [0.29, 0.717) is 25.7 Å². The van der Waals surface area contributed by atoms with Crippen LogP contribution in [0.2, 0.25) is 0 Å². The fourth-order valence-electron chi connectivity index (χ4n) is 8.26. The van der Waals surface area contributed by atoms with Gasteiger partial charge in [0, 0.05) is 6.42 Å². The van der Waals surface area contributed by atoms with Crippen molar-refractivity contribution in [3.63, 3.8) is 0 Å². The molecule has 33 heavy (non-hydrogen) atoms. The van der Waals surface area contributed by atoms with Gasteiger partial charge in [0.25, 0.3) is 0 Å². The van der Waals surface area contributed by atoms with Gasteiger partial charge in [-0.25, -0.2) is 4.18 Å².